The third-order valence-electron chi connectivity index (χ3n) is 8.72. The van der Waals surface area contributed by atoms with Gasteiger partial charge in [0.15, 0.2) is 0 Å². The van der Waals surface area contributed by atoms with Crippen molar-refractivity contribution in [3.05, 3.63) is 162 Å². The van der Waals surface area contributed by atoms with Gasteiger partial charge in [-0.25, -0.2) is 15.0 Å². The highest BCUT2D eigenvalue weighted by Crippen LogP contribution is 2.34. The number of fused-ring (bicyclic) bond motifs is 3. The maximum atomic E-state index is 9.91. The first kappa shape index (κ1) is 42.9. The second kappa shape index (κ2) is 19.3. The van der Waals surface area contributed by atoms with E-state index in [1.165, 1.54) is 34.0 Å². The number of hydrogen-bond donors (Lipinski definition) is 3. The maximum Gasteiger partial charge on any atom is 0.279 e. The molecule has 0 saturated heterocycles. The van der Waals surface area contributed by atoms with Crippen LogP contribution in [0.15, 0.2) is 146 Å². The van der Waals surface area contributed by atoms with Crippen LogP contribution in [0.1, 0.15) is 64.0 Å². The van der Waals surface area contributed by atoms with Crippen LogP contribution in [-0.4, -0.2) is 30.3 Å². The van der Waals surface area contributed by atoms with Crippen molar-refractivity contribution in [2.75, 3.05) is 0 Å². The Kier molecular flexibility index (Phi) is 14.1. The zero-order chi connectivity index (χ0) is 40.6. The Balaban J connectivity index is 0.000000148. The summed E-state index contributed by atoms with van der Waals surface area (Å²) in [5.74, 6) is 2.17. The van der Waals surface area contributed by atoms with Crippen LogP contribution in [0, 0.1) is 0 Å². The molecule has 0 aliphatic carbocycles. The number of aliphatic hydroxyl groups excluding tert-OH is 2. The van der Waals surface area contributed by atoms with E-state index in [1.807, 2.05) is 146 Å². The Labute approximate surface area is 355 Å². The fraction of sp³-hybridized carbons (Fsp3) is 0.170. The van der Waals surface area contributed by atoms with Crippen molar-refractivity contribution in [2.24, 2.45) is 0 Å². The van der Waals surface area contributed by atoms with Crippen molar-refractivity contribution < 1.29 is 29.5 Å². The molecular formula is C47H45N3O6S3. The van der Waals surface area contributed by atoms with E-state index in [9.17, 15) is 15.3 Å². The number of aromatic nitrogens is 3. The summed E-state index contributed by atoms with van der Waals surface area (Å²) in [6.07, 6.45) is -0.923. The number of thiazole rings is 3. The second-order valence-corrected chi connectivity index (χ2v) is 16.7. The molecular weight excluding hydrogens is 799 g/mol. The molecule has 0 spiro atoms. The highest BCUT2D eigenvalue weighted by Gasteiger charge is 2.16. The number of rotatable bonds is 9. The van der Waals surface area contributed by atoms with E-state index in [1.54, 1.807) is 27.7 Å². The van der Waals surface area contributed by atoms with E-state index < -0.39 is 17.8 Å². The highest BCUT2D eigenvalue weighted by molar-refractivity contribution is 7.20. The minimum Gasteiger partial charge on any atom is -0.431 e. The second-order valence-electron chi connectivity index (χ2n) is 13.7. The molecule has 0 radical (unpaired) electrons. The van der Waals surface area contributed by atoms with Crippen LogP contribution in [-0.2, 0) is 5.60 Å². The van der Waals surface area contributed by atoms with Crippen molar-refractivity contribution in [3.8, 4) is 32.8 Å². The van der Waals surface area contributed by atoms with Gasteiger partial charge in [0.05, 0.1) is 48.5 Å². The van der Waals surface area contributed by atoms with Gasteiger partial charge in [0.1, 0.15) is 17.2 Å². The third-order valence-corrected chi connectivity index (χ3v) is 11.5. The van der Waals surface area contributed by atoms with Crippen LogP contribution >= 0.6 is 34.0 Å². The van der Waals surface area contributed by atoms with Gasteiger partial charge in [0, 0.05) is 0 Å². The normalized spacial score (nSPS) is 12.1. The van der Waals surface area contributed by atoms with Gasteiger partial charge < -0.3 is 29.5 Å². The van der Waals surface area contributed by atoms with Gasteiger partial charge >= 0.3 is 0 Å². The minimum atomic E-state index is -0.839. The van der Waals surface area contributed by atoms with E-state index in [0.29, 0.717) is 15.6 Å². The lowest BCUT2D eigenvalue weighted by atomic mass is 9.99. The maximum absolute atomic E-state index is 9.91. The molecule has 0 amide bonds. The smallest absolute Gasteiger partial charge is 0.279 e. The summed E-state index contributed by atoms with van der Waals surface area (Å²) in [4.78, 5) is 13.3. The monoisotopic (exact) mass is 843 g/mol. The van der Waals surface area contributed by atoms with Gasteiger partial charge in [0.2, 0.25) is 0 Å². The van der Waals surface area contributed by atoms with E-state index in [4.69, 9.17) is 14.2 Å². The van der Waals surface area contributed by atoms with Gasteiger partial charge in [0.25, 0.3) is 15.6 Å². The van der Waals surface area contributed by atoms with Crippen molar-refractivity contribution in [3.63, 3.8) is 0 Å². The van der Waals surface area contributed by atoms with Gasteiger partial charge in [-0.3, -0.25) is 0 Å². The summed E-state index contributed by atoms with van der Waals surface area (Å²) in [6.45, 7) is 7.00. The molecule has 12 heteroatoms. The molecule has 0 saturated carbocycles. The zero-order valence-electron chi connectivity index (χ0n) is 32.1. The predicted molar refractivity (Wildman–Crippen MR) is 242 cm³/mol. The predicted octanol–water partition coefficient (Wildman–Crippen LogP) is 13.2. The summed E-state index contributed by atoms with van der Waals surface area (Å²) in [6, 6.07) is 46.0. The van der Waals surface area contributed by atoms with E-state index in [2.05, 4.69) is 15.0 Å². The van der Waals surface area contributed by atoms with E-state index in [0.717, 1.165) is 64.6 Å². The van der Waals surface area contributed by atoms with Crippen molar-refractivity contribution >= 4 is 64.7 Å². The molecule has 59 heavy (non-hydrogen) atoms. The molecule has 3 aromatic heterocycles. The molecule has 2 unspecified atom stereocenters. The average Bonchev–Trinajstić information content (AvgIpc) is 3.94. The molecule has 3 heterocycles. The summed E-state index contributed by atoms with van der Waals surface area (Å²) in [5, 5.41) is 30.7. The van der Waals surface area contributed by atoms with E-state index >= 15 is 0 Å². The topological polar surface area (TPSA) is 127 Å². The van der Waals surface area contributed by atoms with Crippen LogP contribution in [0.2, 0.25) is 0 Å². The van der Waals surface area contributed by atoms with Gasteiger partial charge in [-0.2, -0.15) is 0 Å². The van der Waals surface area contributed by atoms with Gasteiger partial charge in [-0.15, -0.1) is 0 Å². The molecule has 9 nitrogen and oxygen atoms in total. The lowest BCUT2D eigenvalue weighted by Crippen LogP contribution is -2.14. The number of aliphatic hydroxyl groups is 3. The van der Waals surface area contributed by atoms with Crippen LogP contribution in [0.3, 0.4) is 0 Å². The summed E-state index contributed by atoms with van der Waals surface area (Å²) in [5.41, 5.74) is 4.60. The summed E-state index contributed by atoms with van der Waals surface area (Å²) in [7, 11) is 0. The Morgan fingerprint density at radius 1 is 0.458 bits per heavy atom. The molecule has 0 fully saturated rings. The van der Waals surface area contributed by atoms with Gasteiger partial charge in [-0.1, -0.05) is 114 Å². The van der Waals surface area contributed by atoms with Crippen LogP contribution in [0.5, 0.6) is 32.8 Å². The minimum absolute atomic E-state index is 0. The third kappa shape index (κ3) is 11.5. The van der Waals surface area contributed by atoms with Crippen molar-refractivity contribution in [1.82, 2.24) is 15.0 Å². The first-order chi connectivity index (χ1) is 28.0. The molecule has 0 aliphatic heterocycles. The number of benzene rings is 6. The molecule has 3 N–H and O–H groups in total. The standard InChI is InChI=1S/C16H15NO2S.2C15H13NO2S.CH4/c1-16(2,18)11-7-9-12(10-8-11)19-15-17-13-5-3-4-6-14(13)20-15;2*1-10(17)11-6-8-12(9-7-11)18-15-16-13-4-2-3-5-14(13)19-15;/h3-10,18H,1-2H3;2*2-10,17H,1H3;1H4. The molecule has 0 bridgehead atoms. The summed E-state index contributed by atoms with van der Waals surface area (Å²) < 4.78 is 20.5. The van der Waals surface area contributed by atoms with Crippen molar-refractivity contribution in [2.45, 2.75) is 52.9 Å². The molecule has 9 rings (SSSR count). The molecule has 2 atom stereocenters. The number of nitrogens with zero attached hydrogens (tertiary/aromatic N) is 3. The SMILES string of the molecule is C.CC(C)(O)c1ccc(Oc2nc3ccccc3s2)cc1.CC(O)c1ccc(Oc2nc3ccccc3s2)cc1.CC(O)c1ccc(Oc2nc3ccccc3s2)cc1. The Morgan fingerprint density at radius 2 is 0.746 bits per heavy atom. The number of para-hydroxylation sites is 3. The number of hydrogen-bond acceptors (Lipinski definition) is 12. The van der Waals surface area contributed by atoms with E-state index in [-0.39, 0.29) is 7.43 Å². The Morgan fingerprint density at radius 3 is 1.02 bits per heavy atom. The quantitative estimate of drug-likeness (QED) is 0.130. The summed E-state index contributed by atoms with van der Waals surface area (Å²) >= 11 is 4.56. The molecule has 9 aromatic rings. The first-order valence-electron chi connectivity index (χ1n) is 18.5. The van der Waals surface area contributed by atoms with Crippen molar-refractivity contribution in [1.29, 1.82) is 0 Å². The lowest BCUT2D eigenvalue weighted by Gasteiger charge is -2.17. The highest BCUT2D eigenvalue weighted by atomic mass is 32.1. The number of ether oxygens (including phenoxy) is 3. The van der Waals surface area contributed by atoms with Gasteiger partial charge in [-0.05, 0) is 117 Å². The Bertz CT molecular complexity index is 2480. The fourth-order valence-corrected chi connectivity index (χ4v) is 8.05. The zero-order valence-corrected chi connectivity index (χ0v) is 34.6. The average molecular weight is 844 g/mol. The fourth-order valence-electron chi connectivity index (χ4n) is 5.55. The largest absolute Gasteiger partial charge is 0.431 e. The van der Waals surface area contributed by atoms with Crippen LogP contribution < -0.4 is 14.2 Å². The molecule has 6 aromatic carbocycles. The lowest BCUT2D eigenvalue weighted by molar-refractivity contribution is 0.0785. The molecule has 0 aliphatic rings. The Hall–Kier alpha value is -5.73. The van der Waals surface area contributed by atoms with Crippen LogP contribution in [0.25, 0.3) is 30.6 Å². The molecule has 302 valence electrons. The van der Waals surface area contributed by atoms with Crippen LogP contribution in [0.4, 0.5) is 0 Å². The first-order valence-corrected chi connectivity index (χ1v) is 20.9.